The Kier molecular flexibility index (Phi) is 4.14. The molecule has 21 heavy (non-hydrogen) atoms. The summed E-state index contributed by atoms with van der Waals surface area (Å²) >= 11 is 12.6. The van der Waals surface area contributed by atoms with Crippen LogP contribution in [0.2, 0.25) is 10.0 Å². The molecule has 1 aromatic carbocycles. The smallest absolute Gasteiger partial charge is 0.175 e. The summed E-state index contributed by atoms with van der Waals surface area (Å²) in [6, 6.07) is 5.43. The molecule has 2 N–H and O–H groups in total. The molecule has 2 aromatic rings. The maximum atomic E-state index is 6.32. The predicted octanol–water partition coefficient (Wildman–Crippen LogP) is 5.52. The average Bonchev–Trinajstić information content (AvgIpc) is 2.82. The molecule has 112 valence electrons. The van der Waals surface area contributed by atoms with Crippen molar-refractivity contribution in [1.29, 1.82) is 0 Å². The molecular formula is C16H18Cl2N2O. The summed E-state index contributed by atoms with van der Waals surface area (Å²) in [5.74, 6) is 2.30. The van der Waals surface area contributed by atoms with E-state index in [0.29, 0.717) is 21.8 Å². The molecule has 3 rings (SSSR count). The molecule has 1 fully saturated rings. The third-order valence-electron chi connectivity index (χ3n) is 4.34. The molecule has 0 atom stereocenters. The molecule has 5 heteroatoms. The fraction of sp³-hybridized carbons (Fsp3) is 0.438. The van der Waals surface area contributed by atoms with Crippen LogP contribution in [0.4, 0.5) is 5.82 Å². The highest BCUT2D eigenvalue weighted by atomic mass is 35.5. The number of benzene rings is 1. The third-order valence-corrected chi connectivity index (χ3v) is 4.97. The fourth-order valence-electron chi connectivity index (χ4n) is 3.10. The topological polar surface area (TPSA) is 52.0 Å². The van der Waals surface area contributed by atoms with Gasteiger partial charge in [0.05, 0.1) is 15.6 Å². The Balaban J connectivity index is 2.05. The first-order chi connectivity index (χ1) is 10.1. The molecule has 1 aromatic heterocycles. The van der Waals surface area contributed by atoms with Crippen molar-refractivity contribution in [1.82, 2.24) is 5.16 Å². The highest BCUT2D eigenvalue weighted by Gasteiger charge is 2.29. The lowest BCUT2D eigenvalue weighted by molar-refractivity contribution is 0.289. The normalized spacial score (nSPS) is 22.4. The zero-order valence-electron chi connectivity index (χ0n) is 11.9. The van der Waals surface area contributed by atoms with E-state index in [1.165, 1.54) is 12.8 Å². The summed E-state index contributed by atoms with van der Waals surface area (Å²) in [4.78, 5) is 0. The Labute approximate surface area is 134 Å². The maximum Gasteiger partial charge on any atom is 0.175 e. The van der Waals surface area contributed by atoms with E-state index in [0.717, 1.165) is 35.6 Å². The molecule has 1 saturated carbocycles. The van der Waals surface area contributed by atoms with E-state index in [1.807, 2.05) is 18.2 Å². The van der Waals surface area contributed by atoms with E-state index in [4.69, 9.17) is 33.5 Å². The molecule has 1 aliphatic rings. The zero-order valence-corrected chi connectivity index (χ0v) is 13.4. The van der Waals surface area contributed by atoms with E-state index < -0.39 is 0 Å². The van der Waals surface area contributed by atoms with Gasteiger partial charge in [0.25, 0.3) is 0 Å². The number of halogens is 2. The lowest BCUT2D eigenvalue weighted by Crippen LogP contribution is -2.11. The molecule has 0 amide bonds. The van der Waals surface area contributed by atoms with Gasteiger partial charge in [0.2, 0.25) is 0 Å². The molecule has 0 radical (unpaired) electrons. The summed E-state index contributed by atoms with van der Waals surface area (Å²) in [7, 11) is 0. The first-order valence-corrected chi connectivity index (χ1v) is 8.03. The summed E-state index contributed by atoms with van der Waals surface area (Å²) in [5, 5.41) is 5.10. The summed E-state index contributed by atoms with van der Waals surface area (Å²) in [5.41, 5.74) is 7.52. The second-order valence-electron chi connectivity index (χ2n) is 5.86. The van der Waals surface area contributed by atoms with Crippen LogP contribution in [0.3, 0.4) is 0 Å². The SMILES string of the molecule is CC1CCC(c2onc(N)c2-c2c(Cl)cccc2Cl)CC1. The molecule has 1 aliphatic carbocycles. The van der Waals surface area contributed by atoms with E-state index in [1.54, 1.807) is 0 Å². The lowest BCUT2D eigenvalue weighted by Gasteiger charge is -2.25. The molecule has 1 heterocycles. The van der Waals surface area contributed by atoms with Crippen molar-refractivity contribution in [3.8, 4) is 11.1 Å². The third kappa shape index (κ3) is 2.77. The number of rotatable bonds is 2. The Hall–Kier alpha value is -1.19. The minimum atomic E-state index is 0.341. The van der Waals surface area contributed by atoms with E-state index in [-0.39, 0.29) is 0 Å². The van der Waals surface area contributed by atoms with Gasteiger partial charge in [-0.1, -0.05) is 54.2 Å². The van der Waals surface area contributed by atoms with Crippen molar-refractivity contribution in [2.45, 2.75) is 38.5 Å². The number of aromatic nitrogens is 1. The van der Waals surface area contributed by atoms with E-state index >= 15 is 0 Å². The molecule has 3 nitrogen and oxygen atoms in total. The Morgan fingerprint density at radius 3 is 2.33 bits per heavy atom. The van der Waals surface area contributed by atoms with Gasteiger partial charge < -0.3 is 10.3 Å². The van der Waals surface area contributed by atoms with Crippen LogP contribution < -0.4 is 5.73 Å². The Morgan fingerprint density at radius 2 is 1.71 bits per heavy atom. The van der Waals surface area contributed by atoms with Crippen molar-refractivity contribution < 1.29 is 4.52 Å². The molecule has 0 spiro atoms. The van der Waals surface area contributed by atoms with E-state index in [9.17, 15) is 0 Å². The number of anilines is 1. The van der Waals surface area contributed by atoms with Crippen LogP contribution >= 0.6 is 23.2 Å². The number of nitrogens with zero attached hydrogens (tertiary/aromatic N) is 1. The van der Waals surface area contributed by atoms with Crippen LogP contribution in [0.25, 0.3) is 11.1 Å². The number of nitrogens with two attached hydrogens (primary N) is 1. The second kappa shape index (κ2) is 5.90. The summed E-state index contributed by atoms with van der Waals surface area (Å²) < 4.78 is 5.54. The Bertz CT molecular complexity index is 625. The van der Waals surface area contributed by atoms with Gasteiger partial charge in [0, 0.05) is 11.5 Å². The first-order valence-electron chi connectivity index (χ1n) is 7.27. The van der Waals surface area contributed by atoms with Gasteiger partial charge in [-0.2, -0.15) is 0 Å². The Morgan fingerprint density at radius 1 is 1.10 bits per heavy atom. The summed E-state index contributed by atoms with van der Waals surface area (Å²) in [6.07, 6.45) is 4.57. The van der Waals surface area contributed by atoms with Crippen molar-refractivity contribution >= 4 is 29.0 Å². The maximum absolute atomic E-state index is 6.32. The lowest BCUT2D eigenvalue weighted by atomic mass is 9.80. The van der Waals surface area contributed by atoms with Crippen LogP contribution in [0.1, 0.15) is 44.3 Å². The quantitative estimate of drug-likeness (QED) is 0.790. The highest BCUT2D eigenvalue weighted by Crippen LogP contribution is 2.45. The van der Waals surface area contributed by atoms with Crippen LogP contribution in [0, 0.1) is 5.92 Å². The monoisotopic (exact) mass is 324 g/mol. The molecule has 0 saturated heterocycles. The van der Waals surface area contributed by atoms with Gasteiger partial charge in [-0.3, -0.25) is 0 Å². The van der Waals surface area contributed by atoms with E-state index in [2.05, 4.69) is 12.1 Å². The first kappa shape index (κ1) is 14.7. The van der Waals surface area contributed by atoms with Crippen LogP contribution in [0.5, 0.6) is 0 Å². The van der Waals surface area contributed by atoms with Crippen molar-refractivity contribution in [3.63, 3.8) is 0 Å². The standard InChI is InChI=1S/C16H18Cl2N2O/c1-9-5-7-10(8-6-9)15-14(16(19)20-21-15)13-11(17)3-2-4-12(13)18/h2-4,9-10H,5-8H2,1H3,(H2,19,20). The van der Waals surface area contributed by atoms with Gasteiger partial charge in [-0.05, 0) is 30.9 Å². The second-order valence-corrected chi connectivity index (χ2v) is 6.67. The average molecular weight is 325 g/mol. The molecule has 0 aliphatic heterocycles. The van der Waals surface area contributed by atoms with Crippen LogP contribution in [0.15, 0.2) is 22.7 Å². The molecule has 0 bridgehead atoms. The van der Waals surface area contributed by atoms with Crippen molar-refractivity contribution in [2.75, 3.05) is 5.73 Å². The minimum absolute atomic E-state index is 0.341. The number of hydrogen-bond donors (Lipinski definition) is 1. The van der Waals surface area contributed by atoms with Crippen molar-refractivity contribution in [2.24, 2.45) is 5.92 Å². The van der Waals surface area contributed by atoms with Gasteiger partial charge in [-0.25, -0.2) is 0 Å². The zero-order chi connectivity index (χ0) is 15.0. The fourth-order valence-corrected chi connectivity index (χ4v) is 3.69. The van der Waals surface area contributed by atoms with Crippen LogP contribution in [-0.4, -0.2) is 5.16 Å². The molecular weight excluding hydrogens is 307 g/mol. The van der Waals surface area contributed by atoms with Gasteiger partial charge in [0.15, 0.2) is 5.82 Å². The van der Waals surface area contributed by atoms with Gasteiger partial charge in [0.1, 0.15) is 5.76 Å². The largest absolute Gasteiger partial charge is 0.380 e. The number of nitrogen functional groups attached to an aromatic ring is 1. The van der Waals surface area contributed by atoms with Gasteiger partial charge >= 0.3 is 0 Å². The predicted molar refractivity (Wildman–Crippen MR) is 86.7 cm³/mol. The molecule has 0 unspecified atom stereocenters. The van der Waals surface area contributed by atoms with Gasteiger partial charge in [-0.15, -0.1) is 0 Å². The summed E-state index contributed by atoms with van der Waals surface area (Å²) in [6.45, 7) is 2.29. The highest BCUT2D eigenvalue weighted by molar-refractivity contribution is 6.39. The number of hydrogen-bond acceptors (Lipinski definition) is 3. The minimum Gasteiger partial charge on any atom is -0.380 e. The van der Waals surface area contributed by atoms with Crippen LogP contribution in [-0.2, 0) is 0 Å². The van der Waals surface area contributed by atoms with Crippen molar-refractivity contribution in [3.05, 3.63) is 34.0 Å².